The molecule has 4 rings (SSSR count). The molecule has 0 radical (unpaired) electrons. The number of ether oxygens (including phenoxy) is 2. The van der Waals surface area contributed by atoms with Gasteiger partial charge in [0.25, 0.3) is 11.5 Å². The first-order valence-electron chi connectivity index (χ1n) is 12.4. The number of rotatable bonds is 8. The summed E-state index contributed by atoms with van der Waals surface area (Å²) in [5.74, 6) is -0.594. The second-order valence-corrected chi connectivity index (χ2v) is 9.26. The zero-order valence-electron chi connectivity index (χ0n) is 21.6. The number of aromatic hydroxyl groups is 1. The van der Waals surface area contributed by atoms with Crippen molar-refractivity contribution >= 4 is 5.91 Å². The molecule has 1 amide bonds. The number of carbonyl (C=O) groups excluding carboxylic acids is 1. The molecular formula is C28H32FN3O5. The fourth-order valence-electron chi connectivity index (χ4n) is 5.05. The van der Waals surface area contributed by atoms with E-state index in [0.29, 0.717) is 59.8 Å². The van der Waals surface area contributed by atoms with Gasteiger partial charge in [-0.1, -0.05) is 19.4 Å². The number of nitrogens with one attached hydrogen (secondary N) is 1. The smallest absolute Gasteiger partial charge is 0.264 e. The molecule has 37 heavy (non-hydrogen) atoms. The third-order valence-corrected chi connectivity index (χ3v) is 6.89. The molecular weight excluding hydrogens is 477 g/mol. The molecule has 0 saturated carbocycles. The van der Waals surface area contributed by atoms with E-state index in [-0.39, 0.29) is 11.5 Å². The summed E-state index contributed by atoms with van der Waals surface area (Å²) in [5, 5.41) is 11.5. The zero-order chi connectivity index (χ0) is 26.7. The molecule has 3 heterocycles. The number of aromatic amines is 1. The van der Waals surface area contributed by atoms with Gasteiger partial charge < -0.3 is 24.5 Å². The van der Waals surface area contributed by atoms with Crippen molar-refractivity contribution in [3.63, 3.8) is 0 Å². The lowest BCUT2D eigenvalue weighted by Gasteiger charge is -2.21. The highest BCUT2D eigenvalue weighted by Crippen LogP contribution is 2.45. The second-order valence-electron chi connectivity index (χ2n) is 9.26. The van der Waals surface area contributed by atoms with Gasteiger partial charge in [-0.05, 0) is 49.9 Å². The van der Waals surface area contributed by atoms with Crippen molar-refractivity contribution in [2.45, 2.75) is 45.4 Å². The number of methoxy groups -OCH3 is 2. The number of aryl methyl sites for hydroxylation is 2. The molecule has 196 valence electrons. The molecule has 1 aromatic carbocycles. The van der Waals surface area contributed by atoms with Crippen molar-refractivity contribution in [3.8, 4) is 28.4 Å². The molecule has 1 unspecified atom stereocenters. The number of pyridine rings is 2. The number of unbranched alkanes of at least 4 members (excludes halogenated alkanes) is 1. The van der Waals surface area contributed by atoms with Crippen LogP contribution in [0.25, 0.3) is 11.1 Å². The second kappa shape index (κ2) is 11.0. The maximum atomic E-state index is 13.6. The Hall–Kier alpha value is -3.88. The highest BCUT2D eigenvalue weighted by Gasteiger charge is 2.34. The Morgan fingerprint density at radius 3 is 2.57 bits per heavy atom. The third-order valence-electron chi connectivity index (χ3n) is 6.89. The normalized spacial score (nSPS) is 15.2. The van der Waals surface area contributed by atoms with E-state index in [1.165, 1.54) is 31.4 Å². The Labute approximate surface area is 215 Å². The quantitative estimate of drug-likeness (QED) is 0.461. The van der Waals surface area contributed by atoms with Crippen LogP contribution in [0.1, 0.15) is 59.4 Å². The molecule has 0 aliphatic carbocycles. The van der Waals surface area contributed by atoms with Crippen LogP contribution in [0, 0.1) is 12.7 Å². The molecule has 1 aliphatic heterocycles. The van der Waals surface area contributed by atoms with Crippen LogP contribution >= 0.6 is 0 Å². The molecule has 2 aromatic heterocycles. The summed E-state index contributed by atoms with van der Waals surface area (Å²) in [6, 6.07) is 6.65. The van der Waals surface area contributed by atoms with Gasteiger partial charge in [0.05, 0.1) is 31.5 Å². The molecule has 1 aliphatic rings. The Morgan fingerprint density at radius 2 is 1.95 bits per heavy atom. The predicted molar refractivity (Wildman–Crippen MR) is 138 cm³/mol. The number of H-pyrrole nitrogens is 1. The number of aromatic nitrogens is 2. The largest absolute Gasteiger partial charge is 0.506 e. The number of benzene rings is 1. The highest BCUT2D eigenvalue weighted by atomic mass is 19.1. The summed E-state index contributed by atoms with van der Waals surface area (Å²) in [7, 11) is 3.02. The van der Waals surface area contributed by atoms with Crippen molar-refractivity contribution in [2.24, 2.45) is 0 Å². The summed E-state index contributed by atoms with van der Waals surface area (Å²) < 4.78 is 24.7. The number of likely N-dealkylation sites (tertiary alicyclic amines) is 1. The summed E-state index contributed by atoms with van der Waals surface area (Å²) in [5.41, 5.74) is 1.76. The monoisotopic (exact) mass is 509 g/mol. The van der Waals surface area contributed by atoms with E-state index in [1.807, 2.05) is 6.92 Å². The minimum atomic E-state index is -0.647. The van der Waals surface area contributed by atoms with E-state index in [9.17, 15) is 19.1 Å². The van der Waals surface area contributed by atoms with E-state index in [0.717, 1.165) is 18.5 Å². The number of nitrogens with zero attached hydrogens (tertiary/aromatic N) is 2. The van der Waals surface area contributed by atoms with Gasteiger partial charge >= 0.3 is 0 Å². The lowest BCUT2D eigenvalue weighted by Crippen LogP contribution is -2.33. The van der Waals surface area contributed by atoms with Gasteiger partial charge in [0.15, 0.2) is 0 Å². The van der Waals surface area contributed by atoms with Gasteiger partial charge in [0, 0.05) is 30.4 Å². The van der Waals surface area contributed by atoms with Crippen LogP contribution in [0.5, 0.6) is 17.2 Å². The highest BCUT2D eigenvalue weighted by molar-refractivity contribution is 6.00. The fourth-order valence-corrected chi connectivity index (χ4v) is 5.05. The van der Waals surface area contributed by atoms with E-state index in [2.05, 4.69) is 9.97 Å². The number of halogens is 1. The van der Waals surface area contributed by atoms with Crippen LogP contribution in [-0.4, -0.2) is 53.2 Å². The van der Waals surface area contributed by atoms with Crippen LogP contribution in [0.15, 0.2) is 35.3 Å². The fraction of sp³-hybridized carbons (Fsp3) is 0.393. The van der Waals surface area contributed by atoms with Gasteiger partial charge in [0.1, 0.15) is 28.6 Å². The summed E-state index contributed by atoms with van der Waals surface area (Å²) >= 11 is 0. The first-order chi connectivity index (χ1) is 17.8. The van der Waals surface area contributed by atoms with Gasteiger partial charge in [0.2, 0.25) is 0 Å². The maximum Gasteiger partial charge on any atom is 0.264 e. The van der Waals surface area contributed by atoms with Crippen molar-refractivity contribution in [2.75, 3.05) is 27.3 Å². The van der Waals surface area contributed by atoms with Gasteiger partial charge in [-0.25, -0.2) is 4.39 Å². The van der Waals surface area contributed by atoms with Gasteiger partial charge in [-0.3, -0.25) is 14.6 Å². The average Bonchev–Trinajstić information content (AvgIpc) is 3.37. The summed E-state index contributed by atoms with van der Waals surface area (Å²) in [4.78, 5) is 35.4. The van der Waals surface area contributed by atoms with Crippen molar-refractivity contribution < 1.29 is 23.8 Å². The molecule has 3 aromatic rings. The molecule has 0 bridgehead atoms. The number of hydrogen-bond acceptors (Lipinski definition) is 6. The summed E-state index contributed by atoms with van der Waals surface area (Å²) in [6.07, 6.45) is 3.92. The average molecular weight is 510 g/mol. The van der Waals surface area contributed by atoms with Crippen molar-refractivity contribution in [1.82, 2.24) is 14.9 Å². The molecule has 1 fully saturated rings. The lowest BCUT2D eigenvalue weighted by molar-refractivity contribution is 0.0785. The molecule has 1 atom stereocenters. The molecule has 2 N–H and O–H groups in total. The zero-order valence-corrected chi connectivity index (χ0v) is 21.6. The predicted octanol–water partition coefficient (Wildman–Crippen LogP) is 4.58. The first kappa shape index (κ1) is 26.2. The van der Waals surface area contributed by atoms with Crippen LogP contribution in [0.3, 0.4) is 0 Å². The van der Waals surface area contributed by atoms with Crippen LogP contribution < -0.4 is 15.0 Å². The molecule has 9 heteroatoms. The van der Waals surface area contributed by atoms with Crippen LogP contribution in [0.4, 0.5) is 4.39 Å². The number of carbonyl (C=O) groups is 1. The SMILES string of the molecule is CCCCc1[nH]c(=O)c(C(=O)N2CCC(c3ncc(F)cc3C)C2)c(O)c1-c1c(OC)cccc1OC. The Kier molecular flexibility index (Phi) is 7.80. The van der Waals surface area contributed by atoms with Gasteiger partial charge in [-0.15, -0.1) is 0 Å². The van der Waals surface area contributed by atoms with Crippen LogP contribution in [-0.2, 0) is 6.42 Å². The van der Waals surface area contributed by atoms with E-state index >= 15 is 0 Å². The first-order valence-corrected chi connectivity index (χ1v) is 12.4. The topological polar surface area (TPSA) is 105 Å². The minimum absolute atomic E-state index is 0.0941. The standard InChI is InChI=1S/C28H32FN3O5/c1-5-6-8-19-22(23-20(36-3)9-7-10-21(23)37-4)26(33)24(27(34)31-19)28(35)32-12-11-17(15-32)25-16(2)13-18(29)14-30-25/h7,9-10,13-14,17H,5-6,8,11-12,15H2,1-4H3,(H2,31,33,34). The molecule has 0 spiro atoms. The maximum absolute atomic E-state index is 13.6. The van der Waals surface area contributed by atoms with Crippen molar-refractivity contribution in [3.05, 3.63) is 69.1 Å². The number of amides is 1. The molecule has 1 saturated heterocycles. The third kappa shape index (κ3) is 5.03. The molecule has 8 nitrogen and oxygen atoms in total. The van der Waals surface area contributed by atoms with Crippen molar-refractivity contribution in [1.29, 1.82) is 0 Å². The minimum Gasteiger partial charge on any atom is -0.506 e. The lowest BCUT2D eigenvalue weighted by atomic mass is 9.95. The van der Waals surface area contributed by atoms with Gasteiger partial charge in [-0.2, -0.15) is 0 Å². The van der Waals surface area contributed by atoms with E-state index in [4.69, 9.17) is 9.47 Å². The Balaban J connectivity index is 1.78. The van der Waals surface area contributed by atoms with E-state index in [1.54, 1.807) is 25.1 Å². The Bertz CT molecular complexity index is 1350. The summed E-state index contributed by atoms with van der Waals surface area (Å²) in [6.45, 7) is 4.50. The van der Waals surface area contributed by atoms with Crippen LogP contribution in [0.2, 0.25) is 0 Å². The number of hydrogen-bond donors (Lipinski definition) is 2. The Morgan fingerprint density at radius 1 is 1.24 bits per heavy atom. The van der Waals surface area contributed by atoms with E-state index < -0.39 is 23.0 Å².